The molecule has 4 rings (SSSR count). The standard InChI is InChI=1S/C22H25F2N7OS/c1-13-18(33-31-11-16(8-25)20(26)22(23,24)12-31)7-17(29(13)2)21(32)27-9-14-5-4-6-15-10-28-30(3)19(14)15/h4-8,10,25H,9,11-12,26H2,1-3H3,(H,27,32). The highest BCUT2D eigenvalue weighted by Crippen LogP contribution is 2.36. The van der Waals surface area contributed by atoms with Crippen molar-refractivity contribution in [3.63, 3.8) is 0 Å². The van der Waals surface area contributed by atoms with E-state index in [2.05, 4.69) is 10.4 Å². The van der Waals surface area contributed by atoms with Crippen molar-refractivity contribution in [2.24, 2.45) is 19.8 Å². The Hall–Kier alpha value is -3.18. The molecule has 4 N–H and O–H groups in total. The fourth-order valence-corrected chi connectivity index (χ4v) is 5.05. The van der Waals surface area contributed by atoms with Crippen LogP contribution in [0.2, 0.25) is 0 Å². The van der Waals surface area contributed by atoms with Crippen molar-refractivity contribution in [3.05, 3.63) is 58.7 Å². The number of hydrogen-bond donors (Lipinski definition) is 3. The Bertz CT molecular complexity index is 1280. The highest BCUT2D eigenvalue weighted by molar-refractivity contribution is 7.97. The minimum absolute atomic E-state index is 0.0923. The molecule has 0 saturated heterocycles. The molecule has 1 amide bonds. The van der Waals surface area contributed by atoms with Crippen LogP contribution >= 0.6 is 11.9 Å². The predicted octanol–water partition coefficient (Wildman–Crippen LogP) is 2.97. The lowest BCUT2D eigenvalue weighted by atomic mass is 10.1. The van der Waals surface area contributed by atoms with Gasteiger partial charge in [0.15, 0.2) is 0 Å². The van der Waals surface area contributed by atoms with E-state index in [1.807, 2.05) is 32.2 Å². The van der Waals surface area contributed by atoms with Gasteiger partial charge in [0, 0.05) is 54.9 Å². The summed E-state index contributed by atoms with van der Waals surface area (Å²) in [5, 5.41) is 15.6. The Morgan fingerprint density at radius 3 is 2.88 bits per heavy atom. The largest absolute Gasteiger partial charge is 0.397 e. The predicted molar refractivity (Wildman–Crippen MR) is 124 cm³/mol. The number of aromatic nitrogens is 3. The first-order valence-electron chi connectivity index (χ1n) is 10.3. The normalized spacial score (nSPS) is 16.4. The van der Waals surface area contributed by atoms with Gasteiger partial charge in [0.1, 0.15) is 5.69 Å². The number of nitrogens with two attached hydrogens (primary N) is 1. The van der Waals surface area contributed by atoms with E-state index in [0.717, 1.165) is 40.3 Å². The number of fused-ring (bicyclic) bond motifs is 1. The number of nitrogens with one attached hydrogen (secondary N) is 2. The molecular formula is C22H25F2N7OS. The summed E-state index contributed by atoms with van der Waals surface area (Å²) in [6, 6.07) is 7.53. The number of nitrogens with zero attached hydrogens (tertiary/aromatic N) is 4. The molecular weight excluding hydrogens is 448 g/mol. The molecule has 11 heteroatoms. The van der Waals surface area contributed by atoms with E-state index >= 15 is 0 Å². The van der Waals surface area contributed by atoms with Crippen LogP contribution in [0.1, 0.15) is 21.7 Å². The molecule has 33 heavy (non-hydrogen) atoms. The molecule has 0 bridgehead atoms. The fraction of sp³-hybridized carbons (Fsp3) is 0.318. The average Bonchev–Trinajstić information content (AvgIpc) is 3.29. The van der Waals surface area contributed by atoms with Crippen LogP contribution in [-0.2, 0) is 20.6 Å². The van der Waals surface area contributed by atoms with Crippen LogP contribution in [0, 0.1) is 12.3 Å². The van der Waals surface area contributed by atoms with Crippen LogP contribution in [-0.4, -0.2) is 49.8 Å². The molecule has 3 heterocycles. The van der Waals surface area contributed by atoms with Gasteiger partial charge >= 0.3 is 5.92 Å². The third-order valence-electron chi connectivity index (χ3n) is 5.87. The summed E-state index contributed by atoms with van der Waals surface area (Å²) in [5.41, 5.74) is 8.17. The van der Waals surface area contributed by atoms with Gasteiger partial charge in [-0.3, -0.25) is 9.48 Å². The molecule has 0 fully saturated rings. The Morgan fingerprint density at radius 2 is 2.15 bits per heavy atom. The Labute approximate surface area is 194 Å². The van der Waals surface area contributed by atoms with Crippen molar-refractivity contribution in [1.29, 1.82) is 5.41 Å². The highest BCUT2D eigenvalue weighted by Gasteiger charge is 2.41. The summed E-state index contributed by atoms with van der Waals surface area (Å²) in [6.45, 7) is 1.72. The van der Waals surface area contributed by atoms with E-state index < -0.39 is 18.2 Å². The second-order valence-electron chi connectivity index (χ2n) is 8.02. The summed E-state index contributed by atoms with van der Waals surface area (Å²) in [5.74, 6) is -3.48. The van der Waals surface area contributed by atoms with Crippen molar-refractivity contribution in [2.75, 3.05) is 13.1 Å². The first-order valence-corrected chi connectivity index (χ1v) is 11.0. The second-order valence-corrected chi connectivity index (χ2v) is 9.16. The molecule has 1 aromatic carbocycles. The molecule has 0 atom stereocenters. The van der Waals surface area contributed by atoms with Crippen molar-refractivity contribution in [1.82, 2.24) is 24.0 Å². The second kappa shape index (κ2) is 8.64. The maximum atomic E-state index is 14.3. The fourth-order valence-electron chi connectivity index (χ4n) is 3.91. The lowest BCUT2D eigenvalue weighted by molar-refractivity contribution is 0.0166. The topological polar surface area (TPSA) is 105 Å². The van der Waals surface area contributed by atoms with Gasteiger partial charge in [-0.05, 0) is 30.5 Å². The van der Waals surface area contributed by atoms with Gasteiger partial charge in [-0.15, -0.1) is 0 Å². The zero-order valence-corrected chi connectivity index (χ0v) is 19.3. The summed E-state index contributed by atoms with van der Waals surface area (Å²) >= 11 is 1.13. The van der Waals surface area contributed by atoms with Crippen LogP contribution in [0.5, 0.6) is 0 Å². The average molecular weight is 474 g/mol. The molecule has 1 aliphatic heterocycles. The maximum Gasteiger partial charge on any atom is 0.300 e. The molecule has 8 nitrogen and oxygen atoms in total. The first kappa shape index (κ1) is 23.0. The number of para-hydroxylation sites is 1. The summed E-state index contributed by atoms with van der Waals surface area (Å²) in [4.78, 5) is 13.6. The Morgan fingerprint density at radius 1 is 1.39 bits per heavy atom. The number of amides is 1. The van der Waals surface area contributed by atoms with Gasteiger partial charge < -0.3 is 21.0 Å². The smallest absolute Gasteiger partial charge is 0.300 e. The molecule has 2 aromatic heterocycles. The molecule has 0 spiro atoms. The van der Waals surface area contributed by atoms with Gasteiger partial charge in [0.2, 0.25) is 0 Å². The molecule has 0 unspecified atom stereocenters. The van der Waals surface area contributed by atoms with E-state index in [1.165, 1.54) is 4.31 Å². The summed E-state index contributed by atoms with van der Waals surface area (Å²) in [7, 11) is 3.62. The highest BCUT2D eigenvalue weighted by atomic mass is 32.2. The van der Waals surface area contributed by atoms with Gasteiger partial charge in [0.05, 0.1) is 24.0 Å². The van der Waals surface area contributed by atoms with Crippen LogP contribution in [0.15, 0.2) is 46.6 Å². The number of rotatable bonds is 6. The number of halogens is 2. The van der Waals surface area contributed by atoms with Crippen molar-refractivity contribution < 1.29 is 13.6 Å². The van der Waals surface area contributed by atoms with Gasteiger partial charge in [-0.1, -0.05) is 18.2 Å². The lowest BCUT2D eigenvalue weighted by Gasteiger charge is -2.32. The molecule has 0 aliphatic carbocycles. The van der Waals surface area contributed by atoms with E-state index in [1.54, 1.807) is 28.6 Å². The minimum atomic E-state index is -3.21. The van der Waals surface area contributed by atoms with E-state index in [4.69, 9.17) is 11.1 Å². The first-order chi connectivity index (χ1) is 15.6. The van der Waals surface area contributed by atoms with E-state index in [-0.39, 0.29) is 18.0 Å². The number of carbonyl (C=O) groups is 1. The molecule has 174 valence electrons. The molecule has 3 aromatic rings. The number of hydrogen-bond acceptors (Lipinski definition) is 6. The summed E-state index contributed by atoms with van der Waals surface area (Å²) < 4.78 is 33.5. The monoisotopic (exact) mass is 473 g/mol. The molecule has 1 aliphatic rings. The van der Waals surface area contributed by atoms with E-state index in [9.17, 15) is 13.6 Å². The molecule has 0 saturated carbocycles. The lowest BCUT2D eigenvalue weighted by Crippen LogP contribution is -2.44. The van der Waals surface area contributed by atoms with E-state index in [0.29, 0.717) is 17.1 Å². The van der Waals surface area contributed by atoms with Gasteiger partial charge in [0.25, 0.3) is 5.91 Å². The number of carbonyl (C=O) groups excluding carboxylic acids is 1. The zero-order chi connectivity index (χ0) is 23.9. The van der Waals surface area contributed by atoms with Crippen molar-refractivity contribution in [3.8, 4) is 0 Å². The van der Waals surface area contributed by atoms with Gasteiger partial charge in [-0.25, -0.2) is 4.31 Å². The SMILES string of the molecule is Cc1c(SN2CC(C=N)=C(N)C(F)(F)C2)cc(C(=O)NCc2cccc3cnn(C)c23)n1C. The zero-order valence-electron chi connectivity index (χ0n) is 18.5. The van der Waals surface area contributed by atoms with Crippen LogP contribution in [0.4, 0.5) is 8.78 Å². The maximum absolute atomic E-state index is 14.3. The number of aryl methyl sites for hydroxylation is 1. The molecule has 0 radical (unpaired) electrons. The van der Waals surface area contributed by atoms with Crippen LogP contribution in [0.25, 0.3) is 10.9 Å². The number of alkyl halides is 2. The van der Waals surface area contributed by atoms with Crippen molar-refractivity contribution in [2.45, 2.75) is 24.3 Å². The minimum Gasteiger partial charge on any atom is -0.397 e. The summed E-state index contributed by atoms with van der Waals surface area (Å²) in [6.07, 6.45) is 2.65. The van der Waals surface area contributed by atoms with Crippen LogP contribution < -0.4 is 11.1 Å². The quantitative estimate of drug-likeness (QED) is 0.377. The number of benzene rings is 1. The van der Waals surface area contributed by atoms with Crippen molar-refractivity contribution >= 4 is 35.0 Å². The third kappa shape index (κ3) is 4.25. The Kier molecular flexibility index (Phi) is 6.02. The van der Waals surface area contributed by atoms with Gasteiger partial charge in [-0.2, -0.15) is 13.9 Å². The third-order valence-corrected chi connectivity index (χ3v) is 7.00. The Balaban J connectivity index is 1.50. The van der Waals surface area contributed by atoms with Crippen LogP contribution in [0.3, 0.4) is 0 Å².